The molecule has 3 heteroatoms. The molecule has 3 nitrogen and oxygen atoms in total. The summed E-state index contributed by atoms with van der Waals surface area (Å²) in [6.45, 7) is 4.10. The van der Waals surface area contributed by atoms with Gasteiger partial charge in [0.15, 0.2) is 0 Å². The van der Waals surface area contributed by atoms with Gasteiger partial charge in [0.2, 0.25) is 0 Å². The minimum absolute atomic E-state index is 0.0201. The highest BCUT2D eigenvalue weighted by molar-refractivity contribution is 6.11. The molecule has 0 aliphatic carbocycles. The normalized spacial score (nSPS) is 16.4. The number of carbonyl (C=O) groups is 1. The molecular formula is C24H22N2O. The standard InChI is InChI=1S/C24H22N2O/c1-17-8-12-20(13-9-17)25-22-16-23(19-6-4-3-5-7-19)26(24(22)27)21-14-10-18(2)11-15-21/h3-16,23,25H,1-2H3/t23-/m0/s1. The zero-order valence-electron chi connectivity index (χ0n) is 15.5. The van der Waals surface area contributed by atoms with Crippen molar-refractivity contribution in [2.75, 3.05) is 10.2 Å². The van der Waals surface area contributed by atoms with E-state index in [4.69, 9.17) is 0 Å². The first-order valence-electron chi connectivity index (χ1n) is 9.12. The predicted octanol–water partition coefficient (Wildman–Crippen LogP) is 5.39. The Morgan fingerprint density at radius 1 is 0.778 bits per heavy atom. The van der Waals surface area contributed by atoms with Gasteiger partial charge in [-0.1, -0.05) is 65.7 Å². The van der Waals surface area contributed by atoms with E-state index >= 15 is 0 Å². The van der Waals surface area contributed by atoms with E-state index in [1.807, 2.05) is 91.6 Å². The second-order valence-electron chi connectivity index (χ2n) is 6.94. The highest BCUT2D eigenvalue weighted by atomic mass is 16.2. The summed E-state index contributed by atoms with van der Waals surface area (Å²) >= 11 is 0. The molecule has 4 rings (SSSR count). The molecule has 0 aromatic heterocycles. The first-order chi connectivity index (χ1) is 13.1. The van der Waals surface area contributed by atoms with E-state index in [9.17, 15) is 4.79 Å². The van der Waals surface area contributed by atoms with E-state index in [-0.39, 0.29) is 11.9 Å². The average molecular weight is 354 g/mol. The summed E-state index contributed by atoms with van der Waals surface area (Å²) < 4.78 is 0. The lowest BCUT2D eigenvalue weighted by atomic mass is 10.1. The van der Waals surface area contributed by atoms with Crippen LogP contribution in [0.25, 0.3) is 0 Å². The van der Waals surface area contributed by atoms with E-state index in [2.05, 4.69) is 17.4 Å². The number of hydrogen-bond donors (Lipinski definition) is 1. The lowest BCUT2D eigenvalue weighted by Gasteiger charge is -2.25. The second kappa shape index (κ2) is 7.12. The van der Waals surface area contributed by atoms with Crippen LogP contribution in [-0.4, -0.2) is 5.91 Å². The summed E-state index contributed by atoms with van der Waals surface area (Å²) in [7, 11) is 0. The monoisotopic (exact) mass is 354 g/mol. The number of carbonyl (C=O) groups excluding carboxylic acids is 1. The fourth-order valence-corrected chi connectivity index (χ4v) is 3.33. The predicted molar refractivity (Wildman–Crippen MR) is 111 cm³/mol. The van der Waals surface area contributed by atoms with Gasteiger partial charge in [0.05, 0.1) is 6.04 Å². The third-order valence-electron chi connectivity index (χ3n) is 4.84. The summed E-state index contributed by atoms with van der Waals surface area (Å²) in [5.41, 5.74) is 5.87. The number of anilines is 2. The molecule has 0 fully saturated rings. The van der Waals surface area contributed by atoms with E-state index in [0.29, 0.717) is 5.70 Å². The van der Waals surface area contributed by atoms with Crippen LogP contribution >= 0.6 is 0 Å². The Morgan fingerprint density at radius 3 is 2.00 bits per heavy atom. The van der Waals surface area contributed by atoms with Crippen molar-refractivity contribution >= 4 is 17.3 Å². The Hall–Kier alpha value is -3.33. The van der Waals surface area contributed by atoms with Crippen molar-refractivity contribution in [3.8, 4) is 0 Å². The van der Waals surface area contributed by atoms with Crippen LogP contribution in [0.1, 0.15) is 22.7 Å². The van der Waals surface area contributed by atoms with E-state index < -0.39 is 0 Å². The molecular weight excluding hydrogens is 332 g/mol. The summed E-state index contributed by atoms with van der Waals surface area (Å²) in [4.78, 5) is 15.1. The van der Waals surface area contributed by atoms with Crippen LogP contribution < -0.4 is 10.2 Å². The van der Waals surface area contributed by atoms with Crippen molar-refractivity contribution in [2.24, 2.45) is 0 Å². The maximum absolute atomic E-state index is 13.2. The van der Waals surface area contributed by atoms with Gasteiger partial charge in [-0.3, -0.25) is 9.69 Å². The summed E-state index contributed by atoms with van der Waals surface area (Å²) in [5.74, 6) is -0.0201. The third-order valence-corrected chi connectivity index (χ3v) is 4.84. The van der Waals surface area contributed by atoms with Gasteiger partial charge in [0.1, 0.15) is 5.70 Å². The van der Waals surface area contributed by atoms with Crippen molar-refractivity contribution in [3.63, 3.8) is 0 Å². The Bertz CT molecular complexity index is 973. The summed E-state index contributed by atoms with van der Waals surface area (Å²) in [5, 5.41) is 3.30. The Balaban J connectivity index is 1.71. The van der Waals surface area contributed by atoms with E-state index in [1.54, 1.807) is 0 Å². The molecule has 3 aromatic carbocycles. The first kappa shape index (κ1) is 17.1. The Labute approximate surface area is 160 Å². The number of nitrogens with one attached hydrogen (secondary N) is 1. The molecule has 1 amide bonds. The van der Waals surface area contributed by atoms with Crippen molar-refractivity contribution in [2.45, 2.75) is 19.9 Å². The van der Waals surface area contributed by atoms with Crippen molar-refractivity contribution < 1.29 is 4.79 Å². The maximum atomic E-state index is 13.2. The van der Waals surface area contributed by atoms with Gasteiger partial charge in [0, 0.05) is 11.4 Å². The number of amides is 1. The van der Waals surface area contributed by atoms with Crippen LogP contribution in [0.5, 0.6) is 0 Å². The third kappa shape index (κ3) is 3.49. The van der Waals surface area contributed by atoms with Gasteiger partial charge in [-0.25, -0.2) is 0 Å². The lowest BCUT2D eigenvalue weighted by Crippen LogP contribution is -2.30. The first-order valence-corrected chi connectivity index (χ1v) is 9.12. The van der Waals surface area contributed by atoms with Gasteiger partial charge in [-0.15, -0.1) is 0 Å². The van der Waals surface area contributed by atoms with Gasteiger partial charge in [0.25, 0.3) is 5.91 Å². The molecule has 3 aromatic rings. The highest BCUT2D eigenvalue weighted by Gasteiger charge is 2.34. The van der Waals surface area contributed by atoms with E-state index in [1.165, 1.54) is 11.1 Å². The molecule has 0 saturated carbocycles. The molecule has 1 atom stereocenters. The Kier molecular flexibility index (Phi) is 4.51. The number of hydrogen-bond acceptors (Lipinski definition) is 2. The molecule has 0 radical (unpaired) electrons. The molecule has 27 heavy (non-hydrogen) atoms. The molecule has 134 valence electrons. The average Bonchev–Trinajstić information content (AvgIpc) is 3.01. The molecule has 0 spiro atoms. The van der Waals surface area contributed by atoms with Crippen LogP contribution in [0, 0.1) is 13.8 Å². The van der Waals surface area contributed by atoms with Crippen LogP contribution in [-0.2, 0) is 4.79 Å². The minimum atomic E-state index is -0.130. The van der Waals surface area contributed by atoms with Gasteiger partial charge in [-0.05, 0) is 49.8 Å². The summed E-state index contributed by atoms with van der Waals surface area (Å²) in [6, 6.07) is 26.1. The second-order valence-corrected chi connectivity index (χ2v) is 6.94. The number of benzene rings is 3. The quantitative estimate of drug-likeness (QED) is 0.681. The lowest BCUT2D eigenvalue weighted by molar-refractivity contribution is -0.114. The van der Waals surface area contributed by atoms with Crippen molar-refractivity contribution in [3.05, 3.63) is 107 Å². The van der Waals surface area contributed by atoms with Crippen LogP contribution in [0.15, 0.2) is 90.6 Å². The molecule has 1 aliphatic rings. The molecule has 1 heterocycles. The molecule has 1 N–H and O–H groups in total. The van der Waals surface area contributed by atoms with Crippen molar-refractivity contribution in [1.29, 1.82) is 0 Å². The van der Waals surface area contributed by atoms with Crippen LogP contribution in [0.3, 0.4) is 0 Å². The zero-order chi connectivity index (χ0) is 18.8. The zero-order valence-corrected chi connectivity index (χ0v) is 15.5. The SMILES string of the molecule is Cc1ccc(NC2=C[C@@H](c3ccccc3)N(c3ccc(C)cc3)C2=O)cc1. The van der Waals surface area contributed by atoms with Gasteiger partial charge >= 0.3 is 0 Å². The molecule has 1 aliphatic heterocycles. The summed E-state index contributed by atoms with van der Waals surface area (Å²) in [6.07, 6.45) is 2.01. The fraction of sp³-hybridized carbons (Fsp3) is 0.125. The molecule has 0 saturated heterocycles. The molecule has 0 unspecified atom stereocenters. The maximum Gasteiger partial charge on any atom is 0.275 e. The highest BCUT2D eigenvalue weighted by Crippen LogP contribution is 2.36. The van der Waals surface area contributed by atoms with Gasteiger partial charge < -0.3 is 5.32 Å². The largest absolute Gasteiger partial charge is 0.351 e. The fourth-order valence-electron chi connectivity index (χ4n) is 3.33. The number of aryl methyl sites for hydroxylation is 2. The van der Waals surface area contributed by atoms with Crippen LogP contribution in [0.2, 0.25) is 0 Å². The number of rotatable bonds is 4. The van der Waals surface area contributed by atoms with Crippen LogP contribution in [0.4, 0.5) is 11.4 Å². The Morgan fingerprint density at radius 2 is 1.37 bits per heavy atom. The van der Waals surface area contributed by atoms with Gasteiger partial charge in [-0.2, -0.15) is 0 Å². The topological polar surface area (TPSA) is 32.3 Å². The number of nitrogens with zero attached hydrogens (tertiary/aromatic N) is 1. The van der Waals surface area contributed by atoms with Crippen molar-refractivity contribution in [1.82, 2.24) is 0 Å². The molecule has 0 bridgehead atoms. The smallest absolute Gasteiger partial charge is 0.275 e. The minimum Gasteiger partial charge on any atom is -0.351 e. The van der Waals surface area contributed by atoms with E-state index in [0.717, 1.165) is 16.9 Å².